The van der Waals surface area contributed by atoms with E-state index < -0.39 is 0 Å². The van der Waals surface area contributed by atoms with Crippen molar-refractivity contribution >= 4 is 45.5 Å². The number of carbonyl (C=O) groups is 1. The SMILES string of the molecule is O=C(CCc1nc(-c2ccsc2)no1)Nc1cccc(I)c1. The molecule has 1 aromatic carbocycles. The topological polar surface area (TPSA) is 68.0 Å². The molecular formula is C15H12IN3O2S. The number of nitrogens with one attached hydrogen (secondary N) is 1. The van der Waals surface area contributed by atoms with Gasteiger partial charge in [0.2, 0.25) is 17.6 Å². The van der Waals surface area contributed by atoms with Crippen LogP contribution < -0.4 is 5.32 Å². The second-order valence-corrected chi connectivity index (χ2v) is 6.61. The van der Waals surface area contributed by atoms with Gasteiger partial charge in [0, 0.05) is 33.0 Å². The van der Waals surface area contributed by atoms with Crippen LogP contribution in [0.3, 0.4) is 0 Å². The van der Waals surface area contributed by atoms with Crippen LogP contribution in [-0.2, 0) is 11.2 Å². The molecule has 0 radical (unpaired) electrons. The Kier molecular flexibility index (Phi) is 4.84. The smallest absolute Gasteiger partial charge is 0.227 e. The average molecular weight is 425 g/mol. The predicted octanol–water partition coefficient (Wildman–Crippen LogP) is 3.97. The van der Waals surface area contributed by atoms with Crippen molar-refractivity contribution in [1.29, 1.82) is 0 Å². The predicted molar refractivity (Wildman–Crippen MR) is 93.7 cm³/mol. The summed E-state index contributed by atoms with van der Waals surface area (Å²) in [5, 5.41) is 10.7. The number of aromatic nitrogens is 2. The highest BCUT2D eigenvalue weighted by Gasteiger charge is 2.11. The Hall–Kier alpha value is -1.74. The van der Waals surface area contributed by atoms with Crippen LogP contribution in [0.4, 0.5) is 5.69 Å². The van der Waals surface area contributed by atoms with E-state index in [1.807, 2.05) is 41.1 Å². The van der Waals surface area contributed by atoms with E-state index >= 15 is 0 Å². The minimum absolute atomic E-state index is 0.0720. The zero-order valence-electron chi connectivity index (χ0n) is 11.5. The van der Waals surface area contributed by atoms with Gasteiger partial charge in [0.15, 0.2) is 0 Å². The molecule has 2 heterocycles. The lowest BCUT2D eigenvalue weighted by atomic mass is 10.2. The van der Waals surface area contributed by atoms with Crippen molar-refractivity contribution < 1.29 is 9.32 Å². The first-order chi connectivity index (χ1) is 10.7. The van der Waals surface area contributed by atoms with E-state index in [-0.39, 0.29) is 5.91 Å². The zero-order chi connectivity index (χ0) is 15.4. The van der Waals surface area contributed by atoms with Gasteiger partial charge in [0.05, 0.1) is 0 Å². The highest BCUT2D eigenvalue weighted by atomic mass is 127. The van der Waals surface area contributed by atoms with Gasteiger partial charge in [0.25, 0.3) is 0 Å². The highest BCUT2D eigenvalue weighted by molar-refractivity contribution is 14.1. The summed E-state index contributed by atoms with van der Waals surface area (Å²) in [5.41, 5.74) is 1.73. The normalized spacial score (nSPS) is 10.6. The number of thiophene rings is 1. The molecule has 2 aromatic heterocycles. The van der Waals surface area contributed by atoms with Crippen LogP contribution in [0.15, 0.2) is 45.6 Å². The Morgan fingerprint density at radius 2 is 2.27 bits per heavy atom. The number of amides is 1. The first-order valence-corrected chi connectivity index (χ1v) is 8.63. The van der Waals surface area contributed by atoms with Crippen molar-refractivity contribution in [2.24, 2.45) is 0 Å². The summed E-state index contributed by atoms with van der Waals surface area (Å²) in [6, 6.07) is 9.59. The lowest BCUT2D eigenvalue weighted by Crippen LogP contribution is -2.12. The zero-order valence-corrected chi connectivity index (χ0v) is 14.4. The van der Waals surface area contributed by atoms with Crippen molar-refractivity contribution in [3.8, 4) is 11.4 Å². The van der Waals surface area contributed by atoms with Gasteiger partial charge in [-0.25, -0.2) is 0 Å². The Balaban J connectivity index is 1.55. The van der Waals surface area contributed by atoms with Gasteiger partial charge < -0.3 is 9.84 Å². The van der Waals surface area contributed by atoms with Gasteiger partial charge in [-0.05, 0) is 52.2 Å². The maximum absolute atomic E-state index is 11.9. The molecule has 0 unspecified atom stereocenters. The number of carbonyl (C=O) groups excluding carboxylic acids is 1. The van der Waals surface area contributed by atoms with Crippen LogP contribution in [0.25, 0.3) is 11.4 Å². The van der Waals surface area contributed by atoms with Gasteiger partial charge in [-0.2, -0.15) is 16.3 Å². The van der Waals surface area contributed by atoms with Crippen LogP contribution in [0.1, 0.15) is 12.3 Å². The van der Waals surface area contributed by atoms with Crippen LogP contribution in [0.5, 0.6) is 0 Å². The first-order valence-electron chi connectivity index (χ1n) is 6.61. The Labute approximate surface area is 144 Å². The summed E-state index contributed by atoms with van der Waals surface area (Å²) >= 11 is 3.78. The van der Waals surface area contributed by atoms with Crippen molar-refractivity contribution in [1.82, 2.24) is 10.1 Å². The summed E-state index contributed by atoms with van der Waals surface area (Å²) < 4.78 is 6.25. The van der Waals surface area contributed by atoms with Gasteiger partial charge in [-0.3, -0.25) is 4.79 Å². The average Bonchev–Trinajstić information content (AvgIpc) is 3.16. The van der Waals surface area contributed by atoms with E-state index in [4.69, 9.17) is 4.52 Å². The second-order valence-electron chi connectivity index (χ2n) is 4.58. The Bertz CT molecular complexity index is 771. The summed E-state index contributed by atoms with van der Waals surface area (Å²) in [6.45, 7) is 0. The van der Waals surface area contributed by atoms with Crippen molar-refractivity contribution in [3.63, 3.8) is 0 Å². The van der Waals surface area contributed by atoms with Crippen LogP contribution in [0.2, 0.25) is 0 Å². The van der Waals surface area contributed by atoms with Crippen LogP contribution in [-0.4, -0.2) is 16.0 Å². The number of rotatable bonds is 5. The Morgan fingerprint density at radius 3 is 3.05 bits per heavy atom. The lowest BCUT2D eigenvalue weighted by molar-refractivity contribution is -0.116. The van der Waals surface area contributed by atoms with Gasteiger partial charge >= 0.3 is 0 Å². The van der Waals surface area contributed by atoms with Gasteiger partial charge in [-0.15, -0.1) is 0 Å². The molecule has 22 heavy (non-hydrogen) atoms. The second kappa shape index (κ2) is 7.01. The molecule has 5 nitrogen and oxygen atoms in total. The van der Waals surface area contributed by atoms with Crippen molar-refractivity contribution in [3.05, 3.63) is 50.6 Å². The quantitative estimate of drug-likeness (QED) is 0.629. The standard InChI is InChI=1S/C15H12IN3O2S/c16-11-2-1-3-12(8-11)17-13(20)4-5-14-18-15(19-21-14)10-6-7-22-9-10/h1-3,6-9H,4-5H2,(H,17,20). The van der Waals surface area contributed by atoms with Crippen molar-refractivity contribution in [2.45, 2.75) is 12.8 Å². The van der Waals surface area contributed by atoms with E-state index in [1.165, 1.54) is 0 Å². The molecule has 3 aromatic rings. The summed E-state index contributed by atoms with van der Waals surface area (Å²) in [5.74, 6) is 0.963. The summed E-state index contributed by atoms with van der Waals surface area (Å²) in [6.07, 6.45) is 0.726. The molecule has 1 amide bonds. The molecule has 0 saturated heterocycles. The van der Waals surface area contributed by atoms with E-state index in [9.17, 15) is 4.79 Å². The van der Waals surface area contributed by atoms with E-state index in [0.29, 0.717) is 24.6 Å². The van der Waals surface area contributed by atoms with E-state index in [2.05, 4.69) is 38.0 Å². The molecule has 3 rings (SSSR count). The summed E-state index contributed by atoms with van der Waals surface area (Å²) in [7, 11) is 0. The largest absolute Gasteiger partial charge is 0.339 e. The fourth-order valence-corrected chi connectivity index (χ4v) is 3.05. The number of nitrogens with zero attached hydrogens (tertiary/aromatic N) is 2. The molecule has 0 aliphatic carbocycles. The number of hydrogen-bond donors (Lipinski definition) is 1. The number of halogens is 1. The maximum atomic E-state index is 11.9. The van der Waals surface area contributed by atoms with E-state index in [1.54, 1.807) is 11.3 Å². The third-order valence-electron chi connectivity index (χ3n) is 2.92. The third-order valence-corrected chi connectivity index (χ3v) is 4.28. The van der Waals surface area contributed by atoms with Crippen molar-refractivity contribution in [2.75, 3.05) is 5.32 Å². The summed E-state index contributed by atoms with van der Waals surface area (Å²) in [4.78, 5) is 16.2. The minimum atomic E-state index is -0.0720. The fraction of sp³-hybridized carbons (Fsp3) is 0.133. The molecule has 7 heteroatoms. The molecule has 0 saturated carbocycles. The first kappa shape index (κ1) is 15.2. The number of aryl methyl sites for hydroxylation is 1. The molecule has 0 atom stereocenters. The monoisotopic (exact) mass is 425 g/mol. The van der Waals surface area contributed by atoms with Crippen LogP contribution in [0, 0.1) is 3.57 Å². The molecular weight excluding hydrogens is 413 g/mol. The fourth-order valence-electron chi connectivity index (χ4n) is 1.88. The molecule has 0 aliphatic heterocycles. The lowest BCUT2D eigenvalue weighted by Gasteiger charge is -2.04. The number of anilines is 1. The van der Waals surface area contributed by atoms with Crippen LogP contribution >= 0.6 is 33.9 Å². The molecule has 0 fully saturated rings. The molecule has 0 aliphatic rings. The third kappa shape index (κ3) is 3.92. The molecule has 112 valence electrons. The van der Waals surface area contributed by atoms with Gasteiger partial charge in [-0.1, -0.05) is 11.2 Å². The van der Waals surface area contributed by atoms with E-state index in [0.717, 1.165) is 14.8 Å². The maximum Gasteiger partial charge on any atom is 0.227 e. The molecule has 0 spiro atoms. The minimum Gasteiger partial charge on any atom is -0.339 e. The van der Waals surface area contributed by atoms with Gasteiger partial charge in [0.1, 0.15) is 0 Å². The number of benzene rings is 1. The Morgan fingerprint density at radius 1 is 1.36 bits per heavy atom. The molecule has 1 N–H and O–H groups in total. The number of hydrogen-bond acceptors (Lipinski definition) is 5. The highest BCUT2D eigenvalue weighted by Crippen LogP contribution is 2.19. The molecule has 0 bridgehead atoms.